The van der Waals surface area contributed by atoms with Crippen LogP contribution in [0.25, 0.3) is 0 Å². The smallest absolute Gasteiger partial charge is 0.158 e. The van der Waals surface area contributed by atoms with Gasteiger partial charge in [-0.2, -0.15) is 0 Å². The normalized spacial score (nSPS) is 10.6. The summed E-state index contributed by atoms with van der Waals surface area (Å²) in [6.45, 7) is 2.67. The largest absolute Gasteiger partial charge is 0.384 e. The Morgan fingerprint density at radius 2 is 2.15 bits per heavy atom. The maximum atomic E-state index is 13.7. The molecule has 1 aromatic carbocycles. The molecule has 0 bridgehead atoms. The van der Waals surface area contributed by atoms with Gasteiger partial charge in [-0.1, -0.05) is 11.6 Å². The summed E-state index contributed by atoms with van der Waals surface area (Å²) in [6, 6.07) is 5.84. The third kappa shape index (κ3) is 3.79. The molecular formula is C13H14ClFN4O. The van der Waals surface area contributed by atoms with Crippen molar-refractivity contribution in [3.05, 3.63) is 40.9 Å². The number of benzene rings is 1. The highest BCUT2D eigenvalue weighted by Crippen LogP contribution is 2.22. The molecule has 0 aliphatic rings. The second-order valence-electron chi connectivity index (χ2n) is 3.98. The number of hydrogen-bond donors (Lipinski definition) is 2. The quantitative estimate of drug-likeness (QED) is 0.887. The fourth-order valence-corrected chi connectivity index (χ4v) is 1.73. The Kier molecular flexibility index (Phi) is 4.70. The Balaban J connectivity index is 2.21. The summed E-state index contributed by atoms with van der Waals surface area (Å²) in [7, 11) is 0. The van der Waals surface area contributed by atoms with Gasteiger partial charge in [0.2, 0.25) is 0 Å². The monoisotopic (exact) mass is 296 g/mol. The minimum Gasteiger partial charge on any atom is -0.384 e. The number of halogens is 2. The van der Waals surface area contributed by atoms with Crippen molar-refractivity contribution in [2.75, 3.05) is 17.7 Å². The number of rotatable bonds is 5. The van der Waals surface area contributed by atoms with Gasteiger partial charge in [0.25, 0.3) is 0 Å². The van der Waals surface area contributed by atoms with E-state index < -0.39 is 5.82 Å². The standard InChI is InChI=1S/C13H14ClFN4O/c1-2-20-7-13-18-11(16)6-12(19-13)17-10-4-3-8(14)5-9(10)15/h3-6H,2,7H2,1H3,(H3,16,17,18,19). The van der Waals surface area contributed by atoms with E-state index in [1.165, 1.54) is 18.2 Å². The van der Waals surface area contributed by atoms with E-state index in [0.717, 1.165) is 0 Å². The molecule has 106 valence electrons. The zero-order chi connectivity index (χ0) is 14.5. The van der Waals surface area contributed by atoms with Crippen LogP contribution in [0.15, 0.2) is 24.3 Å². The van der Waals surface area contributed by atoms with Gasteiger partial charge in [0.1, 0.15) is 24.1 Å². The number of nitrogens with zero attached hydrogens (tertiary/aromatic N) is 2. The van der Waals surface area contributed by atoms with E-state index in [9.17, 15) is 4.39 Å². The molecule has 2 aromatic rings. The van der Waals surface area contributed by atoms with E-state index in [1.807, 2.05) is 6.92 Å². The van der Waals surface area contributed by atoms with Crippen molar-refractivity contribution < 1.29 is 9.13 Å². The third-order valence-corrected chi connectivity index (χ3v) is 2.66. The average Bonchev–Trinajstić information content (AvgIpc) is 2.39. The van der Waals surface area contributed by atoms with Gasteiger partial charge in [-0.25, -0.2) is 14.4 Å². The highest BCUT2D eigenvalue weighted by Gasteiger charge is 2.07. The van der Waals surface area contributed by atoms with Crippen LogP contribution in [-0.2, 0) is 11.3 Å². The van der Waals surface area contributed by atoms with Crippen LogP contribution in [0.3, 0.4) is 0 Å². The maximum Gasteiger partial charge on any atom is 0.158 e. The second-order valence-corrected chi connectivity index (χ2v) is 4.42. The van der Waals surface area contributed by atoms with Crippen LogP contribution in [0, 0.1) is 5.82 Å². The molecule has 0 aliphatic carbocycles. The van der Waals surface area contributed by atoms with Crippen LogP contribution in [0.2, 0.25) is 5.02 Å². The van der Waals surface area contributed by atoms with Crippen LogP contribution in [0.4, 0.5) is 21.7 Å². The van der Waals surface area contributed by atoms with E-state index in [-0.39, 0.29) is 18.1 Å². The van der Waals surface area contributed by atoms with Crippen molar-refractivity contribution in [3.63, 3.8) is 0 Å². The lowest BCUT2D eigenvalue weighted by Gasteiger charge is -2.09. The zero-order valence-electron chi connectivity index (χ0n) is 10.9. The molecule has 20 heavy (non-hydrogen) atoms. The van der Waals surface area contributed by atoms with Gasteiger partial charge in [-0.15, -0.1) is 0 Å². The van der Waals surface area contributed by atoms with Crippen molar-refractivity contribution in [3.8, 4) is 0 Å². The van der Waals surface area contributed by atoms with Gasteiger partial charge in [0, 0.05) is 17.7 Å². The van der Waals surface area contributed by atoms with E-state index in [4.69, 9.17) is 22.1 Å². The lowest BCUT2D eigenvalue weighted by atomic mass is 10.3. The Bertz CT molecular complexity index is 609. The molecule has 0 unspecified atom stereocenters. The van der Waals surface area contributed by atoms with Gasteiger partial charge >= 0.3 is 0 Å². The molecule has 5 nitrogen and oxygen atoms in total. The highest BCUT2D eigenvalue weighted by molar-refractivity contribution is 6.30. The summed E-state index contributed by atoms with van der Waals surface area (Å²) in [5, 5.41) is 3.16. The number of hydrogen-bond acceptors (Lipinski definition) is 5. The van der Waals surface area contributed by atoms with Crippen molar-refractivity contribution >= 4 is 28.9 Å². The lowest BCUT2D eigenvalue weighted by molar-refractivity contribution is 0.128. The molecule has 0 saturated heterocycles. The van der Waals surface area contributed by atoms with Crippen LogP contribution in [0.1, 0.15) is 12.7 Å². The van der Waals surface area contributed by atoms with Crippen molar-refractivity contribution in [1.82, 2.24) is 9.97 Å². The average molecular weight is 297 g/mol. The first-order valence-corrected chi connectivity index (χ1v) is 6.39. The Morgan fingerprint density at radius 1 is 1.35 bits per heavy atom. The van der Waals surface area contributed by atoms with Crippen molar-refractivity contribution in [2.45, 2.75) is 13.5 Å². The van der Waals surface area contributed by atoms with Gasteiger partial charge < -0.3 is 15.8 Å². The van der Waals surface area contributed by atoms with Crippen molar-refractivity contribution in [2.24, 2.45) is 0 Å². The molecule has 1 aromatic heterocycles. The zero-order valence-corrected chi connectivity index (χ0v) is 11.6. The minimum atomic E-state index is -0.471. The predicted molar refractivity (Wildman–Crippen MR) is 76.5 cm³/mol. The van der Waals surface area contributed by atoms with Gasteiger partial charge in [-0.05, 0) is 25.1 Å². The summed E-state index contributed by atoms with van der Waals surface area (Å²) in [5.41, 5.74) is 5.94. The number of nitrogen functional groups attached to an aromatic ring is 1. The number of ether oxygens (including phenoxy) is 1. The van der Waals surface area contributed by atoms with Gasteiger partial charge in [-0.3, -0.25) is 0 Å². The molecule has 0 spiro atoms. The first-order chi connectivity index (χ1) is 9.58. The number of aromatic nitrogens is 2. The summed E-state index contributed by atoms with van der Waals surface area (Å²) < 4.78 is 18.9. The molecule has 3 N–H and O–H groups in total. The Hall–Kier alpha value is -1.92. The summed E-state index contributed by atoms with van der Waals surface area (Å²) >= 11 is 5.70. The molecule has 7 heteroatoms. The maximum absolute atomic E-state index is 13.7. The van der Waals surface area contributed by atoms with Crippen LogP contribution >= 0.6 is 11.6 Å². The Labute approximate surface area is 120 Å². The highest BCUT2D eigenvalue weighted by atomic mass is 35.5. The summed E-state index contributed by atoms with van der Waals surface area (Å²) in [6.07, 6.45) is 0. The number of nitrogens with one attached hydrogen (secondary N) is 1. The molecule has 0 radical (unpaired) electrons. The fraction of sp³-hybridized carbons (Fsp3) is 0.231. The lowest BCUT2D eigenvalue weighted by Crippen LogP contribution is -2.05. The number of nitrogens with two attached hydrogens (primary N) is 1. The van der Waals surface area contributed by atoms with Crippen molar-refractivity contribution in [1.29, 1.82) is 0 Å². The van der Waals surface area contributed by atoms with Gasteiger partial charge in [0.05, 0.1) is 5.69 Å². The predicted octanol–water partition coefficient (Wildman–Crippen LogP) is 3.13. The first kappa shape index (κ1) is 14.5. The first-order valence-electron chi connectivity index (χ1n) is 6.01. The molecule has 0 aliphatic heterocycles. The topological polar surface area (TPSA) is 73.1 Å². The second kappa shape index (κ2) is 6.49. The van der Waals surface area contributed by atoms with E-state index >= 15 is 0 Å². The molecular weight excluding hydrogens is 283 g/mol. The minimum absolute atomic E-state index is 0.249. The molecule has 0 amide bonds. The molecule has 0 atom stereocenters. The van der Waals surface area contributed by atoms with Crippen LogP contribution in [-0.4, -0.2) is 16.6 Å². The van der Waals surface area contributed by atoms with Crippen LogP contribution in [0.5, 0.6) is 0 Å². The summed E-state index contributed by atoms with van der Waals surface area (Å²) in [5.74, 6) is 0.643. The SMILES string of the molecule is CCOCc1nc(N)cc(Nc2ccc(Cl)cc2F)n1. The van der Waals surface area contributed by atoms with E-state index in [1.54, 1.807) is 6.07 Å². The molecule has 0 fully saturated rings. The molecule has 1 heterocycles. The Morgan fingerprint density at radius 3 is 2.85 bits per heavy atom. The van der Waals surface area contributed by atoms with E-state index in [2.05, 4.69) is 15.3 Å². The molecule has 2 rings (SSSR count). The number of anilines is 3. The third-order valence-electron chi connectivity index (χ3n) is 2.42. The summed E-state index contributed by atoms with van der Waals surface area (Å²) in [4.78, 5) is 8.24. The van der Waals surface area contributed by atoms with Crippen LogP contribution < -0.4 is 11.1 Å². The fourth-order valence-electron chi connectivity index (χ4n) is 1.57. The van der Waals surface area contributed by atoms with E-state index in [0.29, 0.717) is 23.3 Å². The molecule has 0 saturated carbocycles. The van der Waals surface area contributed by atoms with Gasteiger partial charge in [0.15, 0.2) is 5.82 Å².